The molecule has 0 spiro atoms. The van der Waals surface area contributed by atoms with Gasteiger partial charge in [0.15, 0.2) is 0 Å². The molecule has 1 aromatic carbocycles. The molecule has 0 fully saturated rings. The number of imidazole rings is 1. The van der Waals surface area contributed by atoms with Crippen LogP contribution in [-0.4, -0.2) is 42.6 Å². The first-order chi connectivity index (χ1) is 9.46. The van der Waals surface area contributed by atoms with Crippen molar-refractivity contribution in [1.82, 2.24) is 14.9 Å². The maximum atomic E-state index is 11.2. The molecule has 110 valence electrons. The van der Waals surface area contributed by atoms with Gasteiger partial charge in [0, 0.05) is 18.8 Å². The van der Waals surface area contributed by atoms with Gasteiger partial charge in [-0.3, -0.25) is 0 Å². The van der Waals surface area contributed by atoms with Crippen LogP contribution >= 0.6 is 0 Å². The van der Waals surface area contributed by atoms with Crippen molar-refractivity contribution in [3.63, 3.8) is 0 Å². The van der Waals surface area contributed by atoms with Crippen LogP contribution in [0.25, 0.3) is 11.0 Å². The summed E-state index contributed by atoms with van der Waals surface area (Å²) in [6, 6.07) is 8.03. The lowest BCUT2D eigenvalue weighted by molar-refractivity contribution is 0.531. The van der Waals surface area contributed by atoms with Crippen molar-refractivity contribution in [3.8, 4) is 0 Å². The Morgan fingerprint density at radius 2 is 2.10 bits per heavy atom. The molecule has 0 aliphatic rings. The molecule has 0 saturated heterocycles. The van der Waals surface area contributed by atoms with Crippen LogP contribution in [0.2, 0.25) is 0 Å². The van der Waals surface area contributed by atoms with Crippen molar-refractivity contribution in [2.45, 2.75) is 25.9 Å². The lowest BCUT2D eigenvalue weighted by atomic mass is 10.3. The van der Waals surface area contributed by atoms with Crippen molar-refractivity contribution in [3.05, 3.63) is 30.6 Å². The van der Waals surface area contributed by atoms with Crippen LogP contribution in [-0.2, 0) is 16.4 Å². The molecule has 1 heterocycles. The smallest absolute Gasteiger partial charge is 0.148 e. The lowest BCUT2D eigenvalue weighted by Gasteiger charge is -2.12. The molecule has 20 heavy (non-hydrogen) atoms. The summed E-state index contributed by atoms with van der Waals surface area (Å²) in [6.45, 7) is 3.57. The van der Waals surface area contributed by atoms with Crippen LogP contribution in [0.3, 0.4) is 0 Å². The first-order valence-corrected chi connectivity index (χ1v) is 8.83. The Morgan fingerprint density at radius 1 is 1.35 bits per heavy atom. The molecule has 0 aliphatic carbocycles. The lowest BCUT2D eigenvalue weighted by Crippen LogP contribution is -2.33. The van der Waals surface area contributed by atoms with Gasteiger partial charge in [-0.1, -0.05) is 12.1 Å². The molecule has 6 heteroatoms. The van der Waals surface area contributed by atoms with Gasteiger partial charge >= 0.3 is 0 Å². The number of rotatable bonds is 7. The number of nitrogens with one attached hydrogen (secondary N) is 1. The Bertz CT molecular complexity index is 664. The molecular formula is C14H21N3O2S. The van der Waals surface area contributed by atoms with E-state index in [1.807, 2.05) is 31.5 Å². The predicted molar refractivity (Wildman–Crippen MR) is 81.5 cm³/mol. The number of para-hydroxylation sites is 2. The molecule has 1 aromatic heterocycles. The first-order valence-electron chi connectivity index (χ1n) is 6.77. The summed E-state index contributed by atoms with van der Waals surface area (Å²) in [5.41, 5.74) is 2.14. The fourth-order valence-electron chi connectivity index (χ4n) is 2.30. The fourth-order valence-corrected chi connectivity index (χ4v) is 3.33. The number of nitrogens with zero attached hydrogens (tertiary/aromatic N) is 2. The zero-order valence-corrected chi connectivity index (χ0v) is 12.7. The quantitative estimate of drug-likeness (QED) is 0.785. The largest absolute Gasteiger partial charge is 0.331 e. The predicted octanol–water partition coefficient (Wildman–Crippen LogP) is 1.45. The van der Waals surface area contributed by atoms with Crippen molar-refractivity contribution in [1.29, 1.82) is 0 Å². The number of sulfone groups is 1. The van der Waals surface area contributed by atoms with E-state index in [0.717, 1.165) is 30.5 Å². The molecule has 2 aromatic rings. The van der Waals surface area contributed by atoms with Gasteiger partial charge in [-0.25, -0.2) is 13.4 Å². The van der Waals surface area contributed by atoms with Crippen LogP contribution in [0.4, 0.5) is 0 Å². The van der Waals surface area contributed by atoms with Crippen molar-refractivity contribution in [2.24, 2.45) is 0 Å². The van der Waals surface area contributed by atoms with E-state index >= 15 is 0 Å². The van der Waals surface area contributed by atoms with E-state index in [1.165, 1.54) is 6.26 Å². The Hall–Kier alpha value is -1.40. The van der Waals surface area contributed by atoms with Crippen molar-refractivity contribution < 1.29 is 8.42 Å². The van der Waals surface area contributed by atoms with Gasteiger partial charge in [0.2, 0.25) is 0 Å². The first kappa shape index (κ1) is 15.0. The minimum atomic E-state index is -2.91. The zero-order valence-electron chi connectivity index (χ0n) is 11.9. The van der Waals surface area contributed by atoms with Crippen LogP contribution in [0.5, 0.6) is 0 Å². The average Bonchev–Trinajstić information content (AvgIpc) is 2.76. The molecule has 5 nitrogen and oxygen atoms in total. The van der Waals surface area contributed by atoms with Crippen LogP contribution < -0.4 is 5.32 Å². The van der Waals surface area contributed by atoms with Gasteiger partial charge in [-0.2, -0.15) is 0 Å². The second-order valence-electron chi connectivity index (χ2n) is 5.23. The maximum Gasteiger partial charge on any atom is 0.148 e. The summed E-state index contributed by atoms with van der Waals surface area (Å²) >= 11 is 0. The molecule has 1 atom stereocenters. The van der Waals surface area contributed by atoms with Crippen LogP contribution in [0, 0.1) is 0 Å². The highest BCUT2D eigenvalue weighted by molar-refractivity contribution is 7.90. The number of aromatic nitrogens is 2. The van der Waals surface area contributed by atoms with E-state index in [-0.39, 0.29) is 11.8 Å². The number of aryl methyl sites for hydroxylation is 1. The Balaban J connectivity index is 1.79. The van der Waals surface area contributed by atoms with Gasteiger partial charge in [-0.05, 0) is 32.0 Å². The molecule has 2 rings (SSSR count). The second-order valence-corrected chi connectivity index (χ2v) is 7.41. The van der Waals surface area contributed by atoms with Gasteiger partial charge in [0.05, 0.1) is 23.1 Å². The maximum absolute atomic E-state index is 11.2. The number of hydrogen-bond acceptors (Lipinski definition) is 4. The highest BCUT2D eigenvalue weighted by Gasteiger charge is 2.09. The molecule has 0 amide bonds. The van der Waals surface area contributed by atoms with E-state index in [9.17, 15) is 8.42 Å². The van der Waals surface area contributed by atoms with Crippen LogP contribution in [0.1, 0.15) is 13.3 Å². The van der Waals surface area contributed by atoms with E-state index < -0.39 is 9.84 Å². The van der Waals surface area contributed by atoms with E-state index in [2.05, 4.69) is 20.9 Å². The molecule has 1 unspecified atom stereocenters. The summed E-state index contributed by atoms with van der Waals surface area (Å²) in [6.07, 6.45) is 4.06. The Kier molecular flexibility index (Phi) is 4.77. The Labute approximate surface area is 119 Å². The van der Waals surface area contributed by atoms with Crippen molar-refractivity contribution >= 4 is 20.9 Å². The monoisotopic (exact) mass is 295 g/mol. The van der Waals surface area contributed by atoms with Crippen LogP contribution in [0.15, 0.2) is 30.6 Å². The number of benzene rings is 1. The topological polar surface area (TPSA) is 64.0 Å². The Morgan fingerprint density at radius 3 is 2.85 bits per heavy atom. The normalized spacial score (nSPS) is 13.7. The molecular weight excluding hydrogens is 274 g/mol. The summed E-state index contributed by atoms with van der Waals surface area (Å²) < 4.78 is 24.4. The van der Waals surface area contributed by atoms with Gasteiger partial charge in [-0.15, -0.1) is 0 Å². The van der Waals surface area contributed by atoms with E-state index in [4.69, 9.17) is 0 Å². The van der Waals surface area contributed by atoms with E-state index in [0.29, 0.717) is 0 Å². The summed E-state index contributed by atoms with van der Waals surface area (Å²) in [5, 5.41) is 3.24. The minimum absolute atomic E-state index is 0.00969. The third kappa shape index (κ3) is 4.31. The summed E-state index contributed by atoms with van der Waals surface area (Å²) in [4.78, 5) is 4.34. The third-order valence-electron chi connectivity index (χ3n) is 3.15. The summed E-state index contributed by atoms with van der Waals surface area (Å²) in [5.74, 6) is 0.182. The van der Waals surface area contributed by atoms with E-state index in [1.54, 1.807) is 0 Å². The van der Waals surface area contributed by atoms with Gasteiger partial charge in [0.1, 0.15) is 9.84 Å². The number of hydrogen-bond donors (Lipinski definition) is 1. The fraction of sp³-hybridized carbons (Fsp3) is 0.500. The highest BCUT2D eigenvalue weighted by Crippen LogP contribution is 2.11. The third-order valence-corrected chi connectivity index (χ3v) is 4.25. The highest BCUT2D eigenvalue weighted by atomic mass is 32.2. The molecule has 0 saturated carbocycles. The summed E-state index contributed by atoms with van der Waals surface area (Å²) in [7, 11) is -2.91. The minimum Gasteiger partial charge on any atom is -0.331 e. The molecule has 0 bridgehead atoms. The van der Waals surface area contributed by atoms with Gasteiger partial charge in [0.25, 0.3) is 0 Å². The molecule has 0 aliphatic heterocycles. The van der Waals surface area contributed by atoms with Crippen molar-refractivity contribution in [2.75, 3.05) is 18.6 Å². The average molecular weight is 295 g/mol. The SMILES string of the molecule is CC(CS(C)(=O)=O)NCCCn1cnc2ccccc21. The second kappa shape index (κ2) is 6.37. The standard InChI is InChI=1S/C14H21N3O2S/c1-12(10-20(2,18)19)15-8-5-9-17-11-16-13-6-3-4-7-14(13)17/h3-4,6-7,11-12,15H,5,8-10H2,1-2H3. The molecule has 1 N–H and O–H groups in total. The van der Waals surface area contributed by atoms with Gasteiger partial charge < -0.3 is 9.88 Å². The molecule has 0 radical (unpaired) electrons. The zero-order chi connectivity index (χ0) is 14.6. The number of fused-ring (bicyclic) bond motifs is 1.